The smallest absolute Gasteiger partial charge is 0.335 e. The second-order valence-electron chi connectivity index (χ2n) is 8.59. The van der Waals surface area contributed by atoms with E-state index in [1.54, 1.807) is 73.7 Å². The average Bonchev–Trinajstić information content (AvgIpc) is 3.47. The number of anilines is 2. The van der Waals surface area contributed by atoms with Gasteiger partial charge in [-0.1, -0.05) is 24.3 Å². The Morgan fingerprint density at radius 2 is 1.65 bits per heavy atom. The molecule has 3 amide bonds. The molecule has 8 nitrogen and oxygen atoms in total. The van der Waals surface area contributed by atoms with Gasteiger partial charge in [0.1, 0.15) is 5.70 Å². The van der Waals surface area contributed by atoms with E-state index in [0.29, 0.717) is 16.9 Å². The Morgan fingerprint density at radius 1 is 0.900 bits per heavy atom. The Bertz CT molecular complexity index is 1550. The van der Waals surface area contributed by atoms with Gasteiger partial charge in [-0.25, -0.2) is 4.79 Å². The standard InChI is InChI=1S/C30H25N3O5S2/c1-19-7-8-22(30(37)38)16-25(19)32-27(34)18-40-24-11-9-23(10-12-24)31-29(36)26(15-20-13-14-39-17-20)33-28(35)21-5-3-2-4-6-21/h2-17H,18H2,1H3,(H,31,36)(H,32,34)(H,33,35)(H,37,38)/b26-15-. The summed E-state index contributed by atoms with van der Waals surface area (Å²) in [5, 5.41) is 21.2. The molecule has 10 heteroatoms. The minimum atomic E-state index is -1.07. The molecule has 202 valence electrons. The molecule has 4 N–H and O–H groups in total. The zero-order chi connectivity index (χ0) is 28.5. The molecule has 0 aliphatic carbocycles. The summed E-state index contributed by atoms with van der Waals surface area (Å²) in [6.07, 6.45) is 1.61. The predicted octanol–water partition coefficient (Wildman–Crippen LogP) is 5.90. The summed E-state index contributed by atoms with van der Waals surface area (Å²) in [5.41, 5.74) is 3.15. The van der Waals surface area contributed by atoms with Gasteiger partial charge in [-0.05, 0) is 89.5 Å². The van der Waals surface area contributed by atoms with Gasteiger partial charge in [0.25, 0.3) is 11.8 Å². The number of thioether (sulfide) groups is 1. The topological polar surface area (TPSA) is 125 Å². The number of carboxylic acid groups (broad SMARTS) is 1. The van der Waals surface area contributed by atoms with Crippen LogP contribution in [0.25, 0.3) is 6.08 Å². The lowest BCUT2D eigenvalue weighted by atomic mass is 10.1. The molecule has 4 aromatic rings. The number of carbonyl (C=O) groups is 4. The molecule has 0 aliphatic rings. The van der Waals surface area contributed by atoms with Crippen LogP contribution in [0.2, 0.25) is 0 Å². The molecule has 0 atom stereocenters. The molecule has 0 aliphatic heterocycles. The molecule has 3 aromatic carbocycles. The van der Waals surface area contributed by atoms with Crippen molar-refractivity contribution in [2.24, 2.45) is 0 Å². The van der Waals surface area contributed by atoms with Crippen LogP contribution in [-0.2, 0) is 9.59 Å². The van der Waals surface area contributed by atoms with Crippen LogP contribution < -0.4 is 16.0 Å². The zero-order valence-electron chi connectivity index (χ0n) is 21.3. The van der Waals surface area contributed by atoms with Gasteiger partial charge in [0.15, 0.2) is 0 Å². The highest BCUT2D eigenvalue weighted by atomic mass is 32.2. The van der Waals surface area contributed by atoms with Crippen molar-refractivity contribution in [3.05, 3.63) is 118 Å². The van der Waals surface area contributed by atoms with E-state index >= 15 is 0 Å². The van der Waals surface area contributed by atoms with Crippen molar-refractivity contribution in [1.82, 2.24) is 5.32 Å². The molecule has 0 fully saturated rings. The summed E-state index contributed by atoms with van der Waals surface area (Å²) in [4.78, 5) is 50.2. The van der Waals surface area contributed by atoms with Crippen molar-refractivity contribution >= 4 is 64.2 Å². The van der Waals surface area contributed by atoms with Crippen molar-refractivity contribution in [2.45, 2.75) is 11.8 Å². The summed E-state index contributed by atoms with van der Waals surface area (Å²) in [6.45, 7) is 1.79. The van der Waals surface area contributed by atoms with Crippen LogP contribution >= 0.6 is 23.1 Å². The number of nitrogens with one attached hydrogen (secondary N) is 3. The van der Waals surface area contributed by atoms with Crippen LogP contribution in [0.4, 0.5) is 11.4 Å². The highest BCUT2D eigenvalue weighted by molar-refractivity contribution is 8.00. The number of hydrogen-bond donors (Lipinski definition) is 4. The maximum Gasteiger partial charge on any atom is 0.335 e. The van der Waals surface area contributed by atoms with E-state index in [1.165, 1.54) is 35.2 Å². The molecular formula is C30H25N3O5S2. The number of carboxylic acids is 1. The van der Waals surface area contributed by atoms with E-state index in [1.807, 2.05) is 16.8 Å². The number of hydrogen-bond acceptors (Lipinski definition) is 6. The van der Waals surface area contributed by atoms with Gasteiger partial charge < -0.3 is 21.1 Å². The van der Waals surface area contributed by atoms with Crippen molar-refractivity contribution < 1.29 is 24.3 Å². The van der Waals surface area contributed by atoms with Crippen LogP contribution in [0.15, 0.2) is 100 Å². The van der Waals surface area contributed by atoms with E-state index in [4.69, 9.17) is 0 Å². The average molecular weight is 572 g/mol. The highest BCUT2D eigenvalue weighted by Crippen LogP contribution is 2.22. The molecule has 0 saturated carbocycles. The minimum Gasteiger partial charge on any atom is -0.478 e. The van der Waals surface area contributed by atoms with Gasteiger partial charge >= 0.3 is 5.97 Å². The van der Waals surface area contributed by atoms with Crippen molar-refractivity contribution in [3.8, 4) is 0 Å². The second-order valence-corrected chi connectivity index (χ2v) is 10.4. The third-order valence-corrected chi connectivity index (χ3v) is 7.34. The summed E-state index contributed by atoms with van der Waals surface area (Å²) in [5.74, 6) is -2.10. The van der Waals surface area contributed by atoms with Crippen molar-refractivity contribution in [2.75, 3.05) is 16.4 Å². The predicted molar refractivity (Wildman–Crippen MR) is 159 cm³/mol. The Labute approximate surface area is 239 Å². The Kier molecular flexibility index (Phi) is 9.50. The van der Waals surface area contributed by atoms with Gasteiger partial charge in [-0.3, -0.25) is 14.4 Å². The van der Waals surface area contributed by atoms with E-state index in [2.05, 4.69) is 16.0 Å². The Balaban J connectivity index is 1.36. The third kappa shape index (κ3) is 7.92. The van der Waals surface area contributed by atoms with Crippen LogP contribution in [0.3, 0.4) is 0 Å². The number of carbonyl (C=O) groups excluding carboxylic acids is 3. The van der Waals surface area contributed by atoms with E-state index in [9.17, 15) is 24.3 Å². The fourth-order valence-corrected chi connectivity index (χ4v) is 4.84. The first-order valence-electron chi connectivity index (χ1n) is 12.1. The van der Waals surface area contributed by atoms with E-state index in [-0.39, 0.29) is 22.9 Å². The lowest BCUT2D eigenvalue weighted by Crippen LogP contribution is -2.30. The van der Waals surface area contributed by atoms with Crippen molar-refractivity contribution in [1.29, 1.82) is 0 Å². The minimum absolute atomic E-state index is 0.0964. The molecule has 0 unspecified atom stereocenters. The number of amides is 3. The normalized spacial score (nSPS) is 11.0. The third-order valence-electron chi connectivity index (χ3n) is 5.62. The van der Waals surface area contributed by atoms with Crippen molar-refractivity contribution in [3.63, 3.8) is 0 Å². The molecule has 4 rings (SSSR count). The maximum atomic E-state index is 13.1. The van der Waals surface area contributed by atoms with E-state index in [0.717, 1.165) is 16.0 Å². The molecule has 1 aromatic heterocycles. The molecule has 0 saturated heterocycles. The number of aryl methyl sites for hydroxylation is 1. The Morgan fingerprint density at radius 3 is 2.33 bits per heavy atom. The van der Waals surface area contributed by atoms with Crippen LogP contribution in [-0.4, -0.2) is 34.6 Å². The summed E-state index contributed by atoms with van der Waals surface area (Å²) in [6, 6.07) is 22.0. The monoisotopic (exact) mass is 571 g/mol. The summed E-state index contributed by atoms with van der Waals surface area (Å²) >= 11 is 2.78. The molecule has 40 heavy (non-hydrogen) atoms. The second kappa shape index (κ2) is 13.4. The van der Waals surface area contributed by atoms with E-state index < -0.39 is 17.8 Å². The summed E-state index contributed by atoms with van der Waals surface area (Å²) < 4.78 is 0. The molecule has 0 radical (unpaired) electrons. The van der Waals surface area contributed by atoms with Gasteiger partial charge in [-0.15, -0.1) is 11.8 Å². The molecular weight excluding hydrogens is 546 g/mol. The number of aromatic carboxylic acids is 1. The van der Waals surface area contributed by atoms with Crippen LogP contribution in [0.5, 0.6) is 0 Å². The van der Waals surface area contributed by atoms with Gasteiger partial charge in [-0.2, -0.15) is 11.3 Å². The fourth-order valence-electron chi connectivity index (χ4n) is 3.52. The van der Waals surface area contributed by atoms with Gasteiger partial charge in [0, 0.05) is 21.8 Å². The first kappa shape index (κ1) is 28.3. The molecule has 1 heterocycles. The lowest BCUT2D eigenvalue weighted by Gasteiger charge is -2.12. The summed E-state index contributed by atoms with van der Waals surface area (Å²) in [7, 11) is 0. The first-order valence-corrected chi connectivity index (χ1v) is 14.0. The van der Waals surface area contributed by atoms with Gasteiger partial charge in [0.2, 0.25) is 5.91 Å². The van der Waals surface area contributed by atoms with Crippen LogP contribution in [0.1, 0.15) is 31.8 Å². The quantitative estimate of drug-likeness (QED) is 0.139. The maximum absolute atomic E-state index is 13.1. The number of thiophene rings is 1. The first-order chi connectivity index (χ1) is 19.3. The fraction of sp³-hybridized carbons (Fsp3) is 0.0667. The number of benzene rings is 3. The van der Waals surface area contributed by atoms with Crippen LogP contribution in [0, 0.1) is 6.92 Å². The zero-order valence-corrected chi connectivity index (χ0v) is 23.0. The number of rotatable bonds is 10. The Hall–Kier alpha value is -4.67. The molecule has 0 bridgehead atoms. The highest BCUT2D eigenvalue weighted by Gasteiger charge is 2.15. The SMILES string of the molecule is Cc1ccc(C(=O)O)cc1NC(=O)CSc1ccc(NC(=O)/C(=C/c2ccsc2)NC(=O)c2ccccc2)cc1. The largest absolute Gasteiger partial charge is 0.478 e. The molecule has 0 spiro atoms. The lowest BCUT2D eigenvalue weighted by molar-refractivity contribution is -0.114. The van der Waals surface area contributed by atoms with Gasteiger partial charge in [0.05, 0.1) is 11.3 Å².